The maximum absolute atomic E-state index is 11.7. The number of hydrogen-bond acceptors (Lipinski definition) is 4. The summed E-state index contributed by atoms with van der Waals surface area (Å²) in [6.45, 7) is 3.94. The Kier molecular flexibility index (Phi) is 3.76. The highest BCUT2D eigenvalue weighted by molar-refractivity contribution is 6.30. The topological polar surface area (TPSA) is 70.1 Å². The first-order valence-electron chi connectivity index (χ1n) is 5.81. The van der Waals surface area contributed by atoms with E-state index in [1.807, 2.05) is 13.0 Å². The van der Waals surface area contributed by atoms with Crippen LogP contribution in [0.4, 0.5) is 5.82 Å². The Labute approximate surface area is 115 Å². The van der Waals surface area contributed by atoms with Crippen LogP contribution in [0.3, 0.4) is 0 Å². The Morgan fingerprint density at radius 3 is 2.95 bits per heavy atom. The number of carbonyl (C=O) groups excluding carboxylic acids is 1. The van der Waals surface area contributed by atoms with Gasteiger partial charge in [-0.25, -0.2) is 9.48 Å². The number of halogens is 1. The Balaban J connectivity index is 2.47. The number of nitrogens with zero attached hydrogens (tertiary/aromatic N) is 2. The summed E-state index contributed by atoms with van der Waals surface area (Å²) in [6.07, 6.45) is 1.40. The summed E-state index contributed by atoms with van der Waals surface area (Å²) in [6, 6.07) is 5.39. The molecule has 1 aromatic carbocycles. The van der Waals surface area contributed by atoms with Gasteiger partial charge in [0, 0.05) is 5.02 Å². The van der Waals surface area contributed by atoms with Crippen LogP contribution >= 0.6 is 11.6 Å². The fraction of sp³-hybridized carbons (Fsp3) is 0.231. The van der Waals surface area contributed by atoms with E-state index in [0.717, 1.165) is 11.3 Å². The van der Waals surface area contributed by atoms with Crippen molar-refractivity contribution in [3.8, 4) is 5.69 Å². The van der Waals surface area contributed by atoms with Gasteiger partial charge in [0.25, 0.3) is 0 Å². The molecular weight excluding hydrogens is 266 g/mol. The maximum atomic E-state index is 11.7. The minimum absolute atomic E-state index is 0.240. The van der Waals surface area contributed by atoms with Crippen LogP contribution in [0.2, 0.25) is 5.02 Å². The van der Waals surface area contributed by atoms with Crippen LogP contribution in [0.15, 0.2) is 24.4 Å². The van der Waals surface area contributed by atoms with E-state index in [2.05, 4.69) is 5.10 Å². The number of aromatic nitrogens is 2. The van der Waals surface area contributed by atoms with Crippen LogP contribution in [0.5, 0.6) is 0 Å². The molecule has 2 aromatic rings. The SMILES string of the molecule is CCOC(=O)c1cnn(-c2cc(Cl)ccc2C)c1N. The van der Waals surface area contributed by atoms with Crippen LogP contribution in [0.25, 0.3) is 5.69 Å². The Morgan fingerprint density at radius 2 is 2.26 bits per heavy atom. The van der Waals surface area contributed by atoms with E-state index in [-0.39, 0.29) is 11.4 Å². The zero-order chi connectivity index (χ0) is 14.0. The lowest BCUT2D eigenvalue weighted by Gasteiger charge is -2.08. The monoisotopic (exact) mass is 279 g/mol. The molecule has 19 heavy (non-hydrogen) atoms. The average molecular weight is 280 g/mol. The molecule has 0 saturated heterocycles. The molecule has 0 aliphatic rings. The number of esters is 1. The second-order valence-corrected chi connectivity index (χ2v) is 4.44. The van der Waals surface area contributed by atoms with Gasteiger partial charge in [-0.3, -0.25) is 0 Å². The standard InChI is InChI=1S/C13H14ClN3O2/c1-3-19-13(18)10-7-16-17(12(10)15)11-6-9(14)5-4-8(11)2/h4-7H,3,15H2,1-2H3. The van der Waals surface area contributed by atoms with E-state index in [9.17, 15) is 4.79 Å². The number of carbonyl (C=O) groups is 1. The van der Waals surface area contributed by atoms with Crippen molar-refractivity contribution in [2.24, 2.45) is 0 Å². The Morgan fingerprint density at radius 1 is 1.53 bits per heavy atom. The third-order valence-electron chi connectivity index (χ3n) is 2.70. The van der Waals surface area contributed by atoms with Crippen LogP contribution < -0.4 is 5.73 Å². The van der Waals surface area contributed by atoms with Gasteiger partial charge in [0.15, 0.2) is 0 Å². The highest BCUT2D eigenvalue weighted by Gasteiger charge is 2.17. The first-order chi connectivity index (χ1) is 9.04. The molecule has 0 aliphatic heterocycles. The Bertz CT molecular complexity index is 622. The summed E-state index contributed by atoms with van der Waals surface area (Å²) < 4.78 is 6.39. The summed E-state index contributed by atoms with van der Waals surface area (Å²) >= 11 is 5.96. The molecule has 0 atom stereocenters. The lowest BCUT2D eigenvalue weighted by atomic mass is 10.2. The molecule has 0 spiro atoms. The van der Waals surface area contributed by atoms with Gasteiger partial charge in [-0.1, -0.05) is 17.7 Å². The van der Waals surface area contributed by atoms with Gasteiger partial charge in [0.05, 0.1) is 18.5 Å². The van der Waals surface area contributed by atoms with E-state index in [1.54, 1.807) is 19.1 Å². The van der Waals surface area contributed by atoms with E-state index in [4.69, 9.17) is 22.1 Å². The van der Waals surface area contributed by atoms with Crippen molar-refractivity contribution >= 4 is 23.4 Å². The van der Waals surface area contributed by atoms with E-state index >= 15 is 0 Å². The molecule has 1 heterocycles. The molecule has 0 aliphatic carbocycles. The van der Waals surface area contributed by atoms with Gasteiger partial charge in [-0.15, -0.1) is 0 Å². The molecule has 0 unspecified atom stereocenters. The molecule has 0 fully saturated rings. The van der Waals surface area contributed by atoms with Gasteiger partial charge in [-0.2, -0.15) is 5.10 Å². The maximum Gasteiger partial charge on any atom is 0.343 e. The molecule has 0 saturated carbocycles. The summed E-state index contributed by atoms with van der Waals surface area (Å²) in [5.74, 6) is -0.241. The van der Waals surface area contributed by atoms with Gasteiger partial charge in [-0.05, 0) is 31.5 Å². The molecule has 0 amide bonds. The van der Waals surface area contributed by atoms with Crippen LogP contribution in [0.1, 0.15) is 22.8 Å². The zero-order valence-corrected chi connectivity index (χ0v) is 11.4. The molecular formula is C13H14ClN3O2. The molecule has 0 radical (unpaired) electrons. The summed E-state index contributed by atoms with van der Waals surface area (Å²) in [7, 11) is 0. The third kappa shape index (κ3) is 2.56. The molecule has 6 heteroatoms. The average Bonchev–Trinajstić information content (AvgIpc) is 2.74. The van der Waals surface area contributed by atoms with Crippen molar-refractivity contribution in [3.63, 3.8) is 0 Å². The highest BCUT2D eigenvalue weighted by Crippen LogP contribution is 2.23. The molecule has 5 nitrogen and oxygen atoms in total. The number of nitrogens with two attached hydrogens (primary N) is 1. The van der Waals surface area contributed by atoms with Crippen LogP contribution in [-0.4, -0.2) is 22.4 Å². The second-order valence-electron chi connectivity index (χ2n) is 4.01. The summed E-state index contributed by atoms with van der Waals surface area (Å²) in [5, 5.41) is 4.70. The first kappa shape index (κ1) is 13.4. The minimum atomic E-state index is -0.481. The summed E-state index contributed by atoms with van der Waals surface area (Å²) in [4.78, 5) is 11.7. The lowest BCUT2D eigenvalue weighted by molar-refractivity contribution is 0.0527. The predicted molar refractivity (Wildman–Crippen MR) is 73.7 cm³/mol. The zero-order valence-electron chi connectivity index (χ0n) is 10.7. The van der Waals surface area contributed by atoms with Crippen molar-refractivity contribution in [3.05, 3.63) is 40.5 Å². The molecule has 2 N–H and O–H groups in total. The fourth-order valence-corrected chi connectivity index (χ4v) is 1.89. The van der Waals surface area contributed by atoms with Crippen LogP contribution in [-0.2, 0) is 4.74 Å². The number of hydrogen-bond donors (Lipinski definition) is 1. The summed E-state index contributed by atoms with van der Waals surface area (Å²) in [5.41, 5.74) is 7.88. The third-order valence-corrected chi connectivity index (χ3v) is 2.94. The van der Waals surface area contributed by atoms with E-state index < -0.39 is 5.97 Å². The molecule has 100 valence electrons. The normalized spacial score (nSPS) is 10.5. The van der Waals surface area contributed by atoms with Crippen molar-refractivity contribution in [1.82, 2.24) is 9.78 Å². The molecule has 1 aromatic heterocycles. The number of rotatable bonds is 3. The highest BCUT2D eigenvalue weighted by atomic mass is 35.5. The quantitative estimate of drug-likeness (QED) is 0.877. The largest absolute Gasteiger partial charge is 0.462 e. The van der Waals surface area contributed by atoms with Gasteiger partial charge < -0.3 is 10.5 Å². The number of nitrogen functional groups attached to an aromatic ring is 1. The van der Waals surface area contributed by atoms with E-state index in [0.29, 0.717) is 11.6 Å². The molecule has 0 bridgehead atoms. The fourth-order valence-electron chi connectivity index (χ4n) is 1.73. The first-order valence-corrected chi connectivity index (χ1v) is 6.19. The van der Waals surface area contributed by atoms with Crippen molar-refractivity contribution in [2.45, 2.75) is 13.8 Å². The number of anilines is 1. The number of aryl methyl sites for hydroxylation is 1. The number of ether oxygens (including phenoxy) is 1. The van der Waals surface area contributed by atoms with Gasteiger partial charge in [0.2, 0.25) is 0 Å². The lowest BCUT2D eigenvalue weighted by Crippen LogP contribution is -2.09. The predicted octanol–water partition coefficient (Wildman–Crippen LogP) is 2.59. The Hall–Kier alpha value is -2.01. The second kappa shape index (κ2) is 5.32. The van der Waals surface area contributed by atoms with Crippen LogP contribution in [0, 0.1) is 6.92 Å². The molecule has 2 rings (SSSR count). The van der Waals surface area contributed by atoms with Crippen molar-refractivity contribution < 1.29 is 9.53 Å². The minimum Gasteiger partial charge on any atom is -0.462 e. The van der Waals surface area contributed by atoms with Gasteiger partial charge in [0.1, 0.15) is 11.4 Å². The van der Waals surface area contributed by atoms with Crippen molar-refractivity contribution in [2.75, 3.05) is 12.3 Å². The van der Waals surface area contributed by atoms with Gasteiger partial charge >= 0.3 is 5.97 Å². The van der Waals surface area contributed by atoms with Crippen molar-refractivity contribution in [1.29, 1.82) is 0 Å². The number of benzene rings is 1. The van der Waals surface area contributed by atoms with E-state index in [1.165, 1.54) is 10.9 Å². The smallest absolute Gasteiger partial charge is 0.343 e.